The molecule has 0 saturated heterocycles. The van der Waals surface area contributed by atoms with Crippen LogP contribution in [0.15, 0.2) is 47.4 Å². The van der Waals surface area contributed by atoms with Gasteiger partial charge >= 0.3 is 5.04 Å². The second kappa shape index (κ2) is 4.38. The van der Waals surface area contributed by atoms with E-state index in [0.29, 0.717) is 6.42 Å². The number of hydrogen-bond donors (Lipinski definition) is 0. The van der Waals surface area contributed by atoms with Gasteiger partial charge in [-0.3, -0.25) is 5.21 Å². The van der Waals surface area contributed by atoms with Crippen molar-refractivity contribution in [2.24, 2.45) is 5.92 Å². The van der Waals surface area contributed by atoms with E-state index in [9.17, 15) is 13.6 Å². The zero-order valence-corrected chi connectivity index (χ0v) is 10.9. The second-order valence-electron chi connectivity index (χ2n) is 4.59. The first kappa shape index (κ1) is 12.2. The summed E-state index contributed by atoms with van der Waals surface area (Å²) in [5.74, 6) is -0.382. The van der Waals surface area contributed by atoms with Crippen LogP contribution in [0.1, 0.15) is 12.8 Å². The summed E-state index contributed by atoms with van der Waals surface area (Å²) in [5, 5.41) is 11.6. The number of rotatable bonds is 1. The Morgan fingerprint density at radius 3 is 2.74 bits per heavy atom. The van der Waals surface area contributed by atoms with Gasteiger partial charge in [0.1, 0.15) is 0 Å². The first-order chi connectivity index (χ1) is 9.10. The molecule has 0 unspecified atom stereocenters. The van der Waals surface area contributed by atoms with E-state index < -0.39 is 15.9 Å². The van der Waals surface area contributed by atoms with Crippen molar-refractivity contribution in [3.05, 3.63) is 47.7 Å². The number of nitrogens with zero attached hydrogens (tertiary/aromatic N) is 1. The minimum Gasteiger partial charge on any atom is -0.394 e. The quantitative estimate of drug-likeness (QED) is 0.579. The molecule has 1 heterocycles. The third-order valence-corrected chi connectivity index (χ3v) is 5.31. The molecule has 6 heteroatoms. The zero-order chi connectivity index (χ0) is 13.5. The largest absolute Gasteiger partial charge is 0.394 e. The van der Waals surface area contributed by atoms with E-state index >= 15 is 0 Å². The molecule has 0 N–H and O–H groups in total. The second-order valence-corrected chi connectivity index (χ2v) is 6.49. The van der Waals surface area contributed by atoms with Crippen LogP contribution in [-0.4, -0.2) is 24.5 Å². The van der Waals surface area contributed by atoms with Crippen molar-refractivity contribution < 1.29 is 18.2 Å². The lowest BCUT2D eigenvalue weighted by Crippen LogP contribution is -2.30. The van der Waals surface area contributed by atoms with Crippen LogP contribution in [0.25, 0.3) is 0 Å². The number of sulfone groups is 1. The van der Waals surface area contributed by atoms with Gasteiger partial charge in [-0.1, -0.05) is 30.4 Å². The number of fused-ring (bicyclic) bond motifs is 1. The van der Waals surface area contributed by atoms with E-state index in [2.05, 4.69) is 0 Å². The van der Waals surface area contributed by atoms with Crippen molar-refractivity contribution in [1.82, 2.24) is 0 Å². The standard InChI is InChI=1S/C13H13NO4S/c15-14-13(11-8-4-5-9-12(11)18-14)19(16,17)10-6-2-1-3-7-10/h1-3,5-7,9,11-12H,4,8H2/t11-,12+/m1/s1. The van der Waals surface area contributed by atoms with Crippen molar-refractivity contribution in [2.45, 2.75) is 23.8 Å². The van der Waals surface area contributed by atoms with Gasteiger partial charge in [0, 0.05) is 0 Å². The van der Waals surface area contributed by atoms with Gasteiger partial charge in [-0.25, -0.2) is 8.42 Å². The molecule has 19 heavy (non-hydrogen) atoms. The van der Waals surface area contributed by atoms with Gasteiger partial charge in [-0.15, -0.1) is 0 Å². The van der Waals surface area contributed by atoms with Crippen molar-refractivity contribution in [1.29, 1.82) is 0 Å². The SMILES string of the molecule is O=S(=O)(C1=[N+]([O-])O[C@H]2C=CCC[C@@H]12)c1ccccc1. The normalized spacial score (nSPS) is 26.1. The minimum absolute atomic E-state index is 0.129. The Balaban J connectivity index is 2.07. The number of hydrogen-bond acceptors (Lipinski definition) is 4. The highest BCUT2D eigenvalue weighted by molar-refractivity contribution is 8.06. The van der Waals surface area contributed by atoms with Crippen LogP contribution >= 0.6 is 0 Å². The maximum Gasteiger partial charge on any atom is 0.343 e. The molecule has 3 rings (SSSR count). The van der Waals surface area contributed by atoms with Gasteiger partial charge in [-0.2, -0.15) is 0 Å². The minimum atomic E-state index is -3.79. The summed E-state index contributed by atoms with van der Waals surface area (Å²) in [6.45, 7) is 0. The predicted octanol–water partition coefficient (Wildman–Crippen LogP) is 1.65. The van der Waals surface area contributed by atoms with E-state index in [1.807, 2.05) is 6.08 Å². The smallest absolute Gasteiger partial charge is 0.343 e. The van der Waals surface area contributed by atoms with E-state index in [1.54, 1.807) is 24.3 Å². The van der Waals surface area contributed by atoms with Gasteiger partial charge < -0.3 is 4.84 Å². The van der Waals surface area contributed by atoms with E-state index in [1.165, 1.54) is 12.1 Å². The molecule has 1 aromatic carbocycles. The molecule has 1 aliphatic carbocycles. The lowest BCUT2D eigenvalue weighted by Gasteiger charge is -2.18. The molecular weight excluding hydrogens is 266 g/mol. The Labute approximate surface area is 111 Å². The average Bonchev–Trinajstić information content (AvgIpc) is 2.76. The summed E-state index contributed by atoms with van der Waals surface area (Å²) >= 11 is 0. The molecule has 0 spiro atoms. The fourth-order valence-corrected chi connectivity index (χ4v) is 4.14. The maximum atomic E-state index is 12.5. The highest BCUT2D eigenvalue weighted by atomic mass is 32.2. The van der Waals surface area contributed by atoms with Gasteiger partial charge in [0.2, 0.25) is 0 Å². The summed E-state index contributed by atoms with van der Waals surface area (Å²) in [7, 11) is -3.79. The molecule has 1 aliphatic heterocycles. The molecule has 100 valence electrons. The van der Waals surface area contributed by atoms with E-state index in [0.717, 1.165) is 6.42 Å². The Morgan fingerprint density at radius 2 is 2.00 bits per heavy atom. The highest BCUT2D eigenvalue weighted by Crippen LogP contribution is 2.32. The molecule has 2 atom stereocenters. The van der Waals surface area contributed by atoms with Gasteiger partial charge in [0.05, 0.1) is 21.8 Å². The molecular formula is C13H13NO4S. The lowest BCUT2D eigenvalue weighted by atomic mass is 9.93. The van der Waals surface area contributed by atoms with Gasteiger partial charge in [0.15, 0.2) is 0 Å². The van der Waals surface area contributed by atoms with E-state index in [-0.39, 0.29) is 20.8 Å². The summed E-state index contributed by atoms with van der Waals surface area (Å²) in [6.07, 6.45) is 4.58. The molecule has 5 nitrogen and oxygen atoms in total. The fourth-order valence-electron chi connectivity index (χ4n) is 2.49. The van der Waals surface area contributed by atoms with Crippen molar-refractivity contribution in [3.63, 3.8) is 0 Å². The molecule has 2 aliphatic rings. The molecule has 0 amide bonds. The van der Waals surface area contributed by atoms with Crippen molar-refractivity contribution in [3.8, 4) is 0 Å². The van der Waals surface area contributed by atoms with Crippen LogP contribution in [0.4, 0.5) is 0 Å². The van der Waals surface area contributed by atoms with Crippen molar-refractivity contribution >= 4 is 14.9 Å². The topological polar surface area (TPSA) is 69.4 Å². The van der Waals surface area contributed by atoms with Crippen LogP contribution < -0.4 is 0 Å². The molecule has 0 fully saturated rings. The highest BCUT2D eigenvalue weighted by Gasteiger charge is 2.47. The zero-order valence-electron chi connectivity index (χ0n) is 10.1. The lowest BCUT2D eigenvalue weighted by molar-refractivity contribution is -0.736. The first-order valence-electron chi connectivity index (χ1n) is 6.08. The van der Waals surface area contributed by atoms with Crippen LogP contribution in [0.2, 0.25) is 0 Å². The monoisotopic (exact) mass is 279 g/mol. The van der Waals surface area contributed by atoms with Crippen LogP contribution in [0.5, 0.6) is 0 Å². The van der Waals surface area contributed by atoms with Gasteiger partial charge in [0.25, 0.3) is 9.84 Å². The Kier molecular flexibility index (Phi) is 2.82. The maximum absolute atomic E-state index is 12.5. The Morgan fingerprint density at radius 1 is 1.26 bits per heavy atom. The Hall–Kier alpha value is -1.82. The third kappa shape index (κ3) is 1.92. The summed E-state index contributed by atoms with van der Waals surface area (Å²) < 4.78 is 25.0. The average molecular weight is 279 g/mol. The molecule has 0 aromatic heterocycles. The number of allylic oxidation sites excluding steroid dienone is 1. The van der Waals surface area contributed by atoms with Crippen LogP contribution in [0, 0.1) is 11.1 Å². The van der Waals surface area contributed by atoms with Gasteiger partial charge in [-0.05, 0) is 25.0 Å². The summed E-state index contributed by atoms with van der Waals surface area (Å²) in [5.41, 5.74) is 0. The van der Waals surface area contributed by atoms with Crippen LogP contribution in [-0.2, 0) is 14.7 Å². The predicted molar refractivity (Wildman–Crippen MR) is 69.0 cm³/mol. The summed E-state index contributed by atoms with van der Waals surface area (Å²) in [6, 6.07) is 7.98. The molecule has 0 saturated carbocycles. The Bertz CT molecular complexity index is 648. The third-order valence-electron chi connectivity index (χ3n) is 3.41. The molecule has 0 radical (unpaired) electrons. The number of benzene rings is 1. The van der Waals surface area contributed by atoms with Crippen LogP contribution in [0.3, 0.4) is 0 Å². The fraction of sp³-hybridized carbons (Fsp3) is 0.308. The molecule has 0 bridgehead atoms. The molecule has 1 aromatic rings. The first-order valence-corrected chi connectivity index (χ1v) is 7.57. The van der Waals surface area contributed by atoms with E-state index in [4.69, 9.17) is 4.84 Å². The summed E-state index contributed by atoms with van der Waals surface area (Å²) in [4.78, 5) is 5.36. The van der Waals surface area contributed by atoms with Crippen molar-refractivity contribution in [2.75, 3.05) is 0 Å².